The third-order valence-electron chi connectivity index (χ3n) is 3.79. The number of likely N-dealkylation sites (tertiary alicyclic amines) is 1. The van der Waals surface area contributed by atoms with Crippen LogP contribution in [-0.2, 0) is 13.1 Å². The molecule has 0 spiro atoms. The second-order valence-corrected chi connectivity index (χ2v) is 5.59. The van der Waals surface area contributed by atoms with Crippen LogP contribution in [0.4, 0.5) is 0 Å². The zero-order valence-electron chi connectivity index (χ0n) is 11.8. The third-order valence-corrected chi connectivity index (χ3v) is 3.79. The first-order chi connectivity index (χ1) is 8.69. The predicted molar refractivity (Wildman–Crippen MR) is 72.1 cm³/mol. The van der Waals surface area contributed by atoms with E-state index in [1.165, 1.54) is 19.5 Å². The van der Waals surface area contributed by atoms with Crippen molar-refractivity contribution in [2.24, 2.45) is 11.8 Å². The number of rotatable bonds is 6. The van der Waals surface area contributed by atoms with Gasteiger partial charge in [0.1, 0.15) is 0 Å². The van der Waals surface area contributed by atoms with Crippen molar-refractivity contribution < 1.29 is 4.52 Å². The summed E-state index contributed by atoms with van der Waals surface area (Å²) in [6.07, 6.45) is 1.32. The van der Waals surface area contributed by atoms with E-state index in [2.05, 4.69) is 42.2 Å². The zero-order valence-corrected chi connectivity index (χ0v) is 11.8. The molecule has 0 amide bonds. The van der Waals surface area contributed by atoms with Crippen LogP contribution in [0.3, 0.4) is 0 Å². The van der Waals surface area contributed by atoms with Crippen molar-refractivity contribution in [2.45, 2.75) is 40.3 Å². The van der Waals surface area contributed by atoms with Gasteiger partial charge in [-0.25, -0.2) is 0 Å². The molecule has 1 unspecified atom stereocenters. The molecule has 4 nitrogen and oxygen atoms in total. The minimum Gasteiger partial charge on any atom is -0.360 e. The number of hydrogen-bond donors (Lipinski definition) is 1. The number of nitrogens with one attached hydrogen (secondary N) is 1. The molecule has 0 aliphatic carbocycles. The van der Waals surface area contributed by atoms with Gasteiger partial charge < -0.3 is 9.84 Å². The second-order valence-electron chi connectivity index (χ2n) is 5.59. The van der Waals surface area contributed by atoms with Gasteiger partial charge in [-0.1, -0.05) is 25.9 Å². The molecule has 0 bridgehead atoms. The Morgan fingerprint density at radius 3 is 3.06 bits per heavy atom. The molecule has 1 aromatic rings. The molecule has 0 aromatic carbocycles. The monoisotopic (exact) mass is 251 g/mol. The summed E-state index contributed by atoms with van der Waals surface area (Å²) >= 11 is 0. The number of aromatic nitrogens is 1. The van der Waals surface area contributed by atoms with Gasteiger partial charge in [0.2, 0.25) is 0 Å². The van der Waals surface area contributed by atoms with Crippen LogP contribution in [0, 0.1) is 11.8 Å². The van der Waals surface area contributed by atoms with Gasteiger partial charge in [0, 0.05) is 19.2 Å². The third kappa shape index (κ3) is 3.56. The van der Waals surface area contributed by atoms with E-state index in [0.717, 1.165) is 42.9 Å². The van der Waals surface area contributed by atoms with Crippen LogP contribution in [0.15, 0.2) is 10.6 Å². The molecule has 4 heteroatoms. The maximum Gasteiger partial charge on any atom is 0.151 e. The van der Waals surface area contributed by atoms with E-state index < -0.39 is 0 Å². The van der Waals surface area contributed by atoms with E-state index in [1.807, 2.05) is 0 Å². The summed E-state index contributed by atoms with van der Waals surface area (Å²) in [5.74, 6) is 2.62. The van der Waals surface area contributed by atoms with Gasteiger partial charge in [0.05, 0.1) is 12.2 Å². The summed E-state index contributed by atoms with van der Waals surface area (Å²) in [5.41, 5.74) is 1.01. The van der Waals surface area contributed by atoms with Gasteiger partial charge in [-0.15, -0.1) is 0 Å². The lowest BCUT2D eigenvalue weighted by atomic mass is 9.95. The molecule has 1 aromatic heterocycles. The molecule has 102 valence electrons. The SMILES string of the molecule is CCNCc1cc(CN2CCC(C(C)C)C2)on1. The molecular weight excluding hydrogens is 226 g/mol. The van der Waals surface area contributed by atoms with E-state index in [-0.39, 0.29) is 0 Å². The Balaban J connectivity index is 1.81. The van der Waals surface area contributed by atoms with Crippen molar-refractivity contribution in [3.63, 3.8) is 0 Å². The molecule has 1 aliphatic rings. The normalized spacial score (nSPS) is 21.0. The first kappa shape index (κ1) is 13.6. The highest BCUT2D eigenvalue weighted by molar-refractivity contribution is 5.05. The van der Waals surface area contributed by atoms with Crippen molar-refractivity contribution in [3.8, 4) is 0 Å². The summed E-state index contributed by atoms with van der Waals surface area (Å²) in [4.78, 5) is 2.47. The molecule has 1 N–H and O–H groups in total. The fourth-order valence-electron chi connectivity index (χ4n) is 2.54. The Morgan fingerprint density at radius 2 is 2.39 bits per heavy atom. The highest BCUT2D eigenvalue weighted by Gasteiger charge is 2.25. The predicted octanol–water partition coefficient (Wildman–Crippen LogP) is 2.26. The van der Waals surface area contributed by atoms with Gasteiger partial charge in [-0.2, -0.15) is 0 Å². The second kappa shape index (κ2) is 6.34. The summed E-state index contributed by atoms with van der Waals surface area (Å²) in [7, 11) is 0. The molecule has 1 atom stereocenters. The average Bonchev–Trinajstić information content (AvgIpc) is 2.96. The average molecular weight is 251 g/mol. The number of hydrogen-bond acceptors (Lipinski definition) is 4. The van der Waals surface area contributed by atoms with Gasteiger partial charge in [0.25, 0.3) is 0 Å². The molecule has 0 saturated carbocycles. The lowest BCUT2D eigenvalue weighted by Crippen LogP contribution is -2.21. The van der Waals surface area contributed by atoms with Crippen LogP contribution < -0.4 is 5.32 Å². The van der Waals surface area contributed by atoms with Crippen molar-refractivity contribution >= 4 is 0 Å². The molecule has 0 radical (unpaired) electrons. The van der Waals surface area contributed by atoms with Crippen molar-refractivity contribution in [3.05, 3.63) is 17.5 Å². The molecule has 2 heterocycles. The summed E-state index contributed by atoms with van der Waals surface area (Å²) in [6.45, 7) is 11.8. The van der Waals surface area contributed by atoms with E-state index in [1.54, 1.807) is 0 Å². The Kier molecular flexibility index (Phi) is 4.78. The Morgan fingerprint density at radius 1 is 1.56 bits per heavy atom. The molecule has 1 aliphatic heterocycles. The standard InChI is InChI=1S/C14H25N3O/c1-4-15-8-13-7-14(18-16-13)10-17-6-5-12(9-17)11(2)3/h7,11-12,15H,4-6,8-10H2,1-3H3. The highest BCUT2D eigenvalue weighted by atomic mass is 16.5. The topological polar surface area (TPSA) is 41.3 Å². The maximum atomic E-state index is 5.39. The van der Waals surface area contributed by atoms with Crippen LogP contribution in [0.5, 0.6) is 0 Å². The van der Waals surface area contributed by atoms with Crippen LogP contribution in [-0.4, -0.2) is 29.7 Å². The lowest BCUT2D eigenvalue weighted by molar-refractivity contribution is 0.256. The van der Waals surface area contributed by atoms with Gasteiger partial charge in [-0.05, 0) is 31.3 Å². The molecule has 1 fully saturated rings. The van der Waals surface area contributed by atoms with Gasteiger partial charge in [-0.3, -0.25) is 4.90 Å². The van der Waals surface area contributed by atoms with Crippen molar-refractivity contribution in [1.29, 1.82) is 0 Å². The zero-order chi connectivity index (χ0) is 13.0. The molecule has 18 heavy (non-hydrogen) atoms. The first-order valence-corrected chi connectivity index (χ1v) is 7.06. The van der Waals surface area contributed by atoms with Crippen molar-refractivity contribution in [1.82, 2.24) is 15.4 Å². The van der Waals surface area contributed by atoms with E-state index in [0.29, 0.717) is 0 Å². The lowest BCUT2D eigenvalue weighted by Gasteiger charge is -2.16. The van der Waals surface area contributed by atoms with Gasteiger partial charge in [0.15, 0.2) is 5.76 Å². The highest BCUT2D eigenvalue weighted by Crippen LogP contribution is 2.24. The molecule has 2 rings (SSSR count). The minimum atomic E-state index is 0.786. The van der Waals surface area contributed by atoms with Crippen LogP contribution in [0.1, 0.15) is 38.6 Å². The van der Waals surface area contributed by atoms with Crippen LogP contribution in [0.25, 0.3) is 0 Å². The number of nitrogens with zero attached hydrogens (tertiary/aromatic N) is 2. The van der Waals surface area contributed by atoms with E-state index in [9.17, 15) is 0 Å². The summed E-state index contributed by atoms with van der Waals surface area (Å²) in [5, 5.41) is 7.34. The fraction of sp³-hybridized carbons (Fsp3) is 0.786. The van der Waals surface area contributed by atoms with Gasteiger partial charge >= 0.3 is 0 Å². The first-order valence-electron chi connectivity index (χ1n) is 7.06. The van der Waals surface area contributed by atoms with Crippen LogP contribution >= 0.6 is 0 Å². The smallest absolute Gasteiger partial charge is 0.151 e. The van der Waals surface area contributed by atoms with E-state index in [4.69, 9.17) is 4.52 Å². The summed E-state index contributed by atoms with van der Waals surface area (Å²) < 4.78 is 5.39. The quantitative estimate of drug-likeness (QED) is 0.842. The fourth-order valence-corrected chi connectivity index (χ4v) is 2.54. The molecule has 1 saturated heterocycles. The minimum absolute atomic E-state index is 0.786. The summed E-state index contributed by atoms with van der Waals surface area (Å²) in [6, 6.07) is 2.07. The van der Waals surface area contributed by atoms with Crippen molar-refractivity contribution in [2.75, 3.05) is 19.6 Å². The largest absolute Gasteiger partial charge is 0.360 e. The van der Waals surface area contributed by atoms with Crippen LogP contribution in [0.2, 0.25) is 0 Å². The Bertz CT molecular complexity index is 362. The Hall–Kier alpha value is -0.870. The Labute approximate surface area is 110 Å². The molecular formula is C14H25N3O. The maximum absolute atomic E-state index is 5.39. The van der Waals surface area contributed by atoms with E-state index >= 15 is 0 Å².